The van der Waals surface area contributed by atoms with Gasteiger partial charge in [0, 0.05) is 35.7 Å². The zero-order valence-electron chi connectivity index (χ0n) is 19.3. The van der Waals surface area contributed by atoms with E-state index in [0.717, 1.165) is 29.8 Å². The van der Waals surface area contributed by atoms with Crippen LogP contribution in [0.4, 0.5) is 0 Å². The average molecular weight is 416 g/mol. The van der Waals surface area contributed by atoms with E-state index in [0.29, 0.717) is 11.8 Å². The SMILES string of the molecule is Cc1cc(C=NC[C@@H]2CCC[NH+]2Cc2ccc3ccccc3c2)c(O)c(C(C)(C)C)c1. The summed E-state index contributed by atoms with van der Waals surface area (Å²) in [5.74, 6) is 0.369. The van der Waals surface area contributed by atoms with Gasteiger partial charge in [-0.2, -0.15) is 0 Å². The van der Waals surface area contributed by atoms with Crippen LogP contribution in [0.2, 0.25) is 0 Å². The van der Waals surface area contributed by atoms with E-state index in [1.165, 1.54) is 35.7 Å². The van der Waals surface area contributed by atoms with Crippen LogP contribution in [-0.2, 0) is 12.0 Å². The van der Waals surface area contributed by atoms with Crippen LogP contribution in [0.1, 0.15) is 55.9 Å². The summed E-state index contributed by atoms with van der Waals surface area (Å²) in [7, 11) is 0. The second kappa shape index (κ2) is 8.84. The number of aryl methyl sites for hydroxylation is 1. The van der Waals surface area contributed by atoms with Gasteiger partial charge in [-0.3, -0.25) is 4.99 Å². The fourth-order valence-electron chi connectivity index (χ4n) is 4.80. The molecule has 0 amide bonds. The molecule has 2 N–H and O–H groups in total. The second-order valence-electron chi connectivity index (χ2n) is 10.1. The highest BCUT2D eigenvalue weighted by Crippen LogP contribution is 2.33. The Balaban J connectivity index is 1.45. The molecule has 0 aromatic heterocycles. The molecule has 0 bridgehead atoms. The Morgan fingerprint density at radius 2 is 1.84 bits per heavy atom. The Kier molecular flexibility index (Phi) is 6.15. The monoisotopic (exact) mass is 415 g/mol. The summed E-state index contributed by atoms with van der Waals surface area (Å²) in [5.41, 5.74) is 4.28. The number of aromatic hydroxyl groups is 1. The van der Waals surface area contributed by atoms with Crippen molar-refractivity contribution in [3.8, 4) is 5.75 Å². The van der Waals surface area contributed by atoms with Crippen LogP contribution in [0.15, 0.2) is 59.6 Å². The number of quaternary nitrogens is 1. The fraction of sp³-hybridized carbons (Fsp3) is 0.393. The normalized spacial score (nSPS) is 19.5. The molecule has 162 valence electrons. The van der Waals surface area contributed by atoms with Crippen LogP contribution in [0.5, 0.6) is 5.75 Å². The molecule has 2 atom stereocenters. The molecule has 0 aliphatic carbocycles. The van der Waals surface area contributed by atoms with Gasteiger partial charge in [0.25, 0.3) is 0 Å². The number of hydrogen-bond acceptors (Lipinski definition) is 2. The molecule has 0 spiro atoms. The van der Waals surface area contributed by atoms with Gasteiger partial charge in [-0.1, -0.05) is 63.2 Å². The minimum Gasteiger partial charge on any atom is -0.507 e. The summed E-state index contributed by atoms with van der Waals surface area (Å²) in [4.78, 5) is 6.41. The van der Waals surface area contributed by atoms with E-state index in [2.05, 4.69) is 76.2 Å². The van der Waals surface area contributed by atoms with E-state index >= 15 is 0 Å². The Bertz CT molecular complexity index is 1090. The standard InChI is InChI=1S/C28H34N2O/c1-20-14-24(27(31)26(15-20)28(2,3)4)17-29-18-25-10-7-13-30(25)19-21-11-12-22-8-5-6-9-23(22)16-21/h5-6,8-9,11-12,14-17,25,31H,7,10,13,18-19H2,1-4H3/p+1/t25-/m0/s1. The number of nitrogens with zero attached hydrogens (tertiary/aromatic N) is 1. The molecule has 1 aliphatic rings. The van der Waals surface area contributed by atoms with Crippen molar-refractivity contribution in [2.45, 2.75) is 58.5 Å². The average Bonchev–Trinajstić information content (AvgIpc) is 3.16. The molecule has 3 heteroatoms. The number of phenols is 1. The maximum Gasteiger partial charge on any atom is 0.128 e. The predicted molar refractivity (Wildman–Crippen MR) is 131 cm³/mol. The highest BCUT2D eigenvalue weighted by atomic mass is 16.3. The molecule has 3 aromatic rings. The van der Waals surface area contributed by atoms with Crippen molar-refractivity contribution >= 4 is 17.0 Å². The summed E-state index contributed by atoms with van der Waals surface area (Å²) in [6, 6.07) is 20.1. The first-order valence-corrected chi connectivity index (χ1v) is 11.5. The van der Waals surface area contributed by atoms with Crippen molar-refractivity contribution in [1.82, 2.24) is 0 Å². The highest BCUT2D eigenvalue weighted by Gasteiger charge is 2.28. The maximum atomic E-state index is 10.8. The number of fused-ring (bicyclic) bond motifs is 1. The lowest BCUT2D eigenvalue weighted by molar-refractivity contribution is -0.924. The van der Waals surface area contributed by atoms with Crippen LogP contribution in [0.25, 0.3) is 10.8 Å². The molecule has 1 unspecified atom stereocenters. The smallest absolute Gasteiger partial charge is 0.128 e. The molecule has 1 fully saturated rings. The van der Waals surface area contributed by atoms with E-state index in [1.54, 1.807) is 4.90 Å². The Morgan fingerprint density at radius 3 is 2.61 bits per heavy atom. The van der Waals surface area contributed by atoms with Crippen LogP contribution in [0, 0.1) is 6.92 Å². The van der Waals surface area contributed by atoms with E-state index in [9.17, 15) is 5.11 Å². The van der Waals surface area contributed by atoms with Crippen LogP contribution in [0.3, 0.4) is 0 Å². The highest BCUT2D eigenvalue weighted by molar-refractivity contribution is 5.85. The number of hydrogen-bond donors (Lipinski definition) is 2. The van der Waals surface area contributed by atoms with Gasteiger partial charge in [0.15, 0.2) is 0 Å². The zero-order chi connectivity index (χ0) is 22.0. The third kappa shape index (κ3) is 4.99. The molecule has 0 radical (unpaired) electrons. The van der Waals surface area contributed by atoms with Gasteiger partial charge in [0.05, 0.1) is 13.1 Å². The van der Waals surface area contributed by atoms with Crippen molar-refractivity contribution in [3.05, 3.63) is 76.9 Å². The van der Waals surface area contributed by atoms with Gasteiger partial charge >= 0.3 is 0 Å². The molecule has 3 aromatic carbocycles. The number of aliphatic imine (C=N–C) groups is 1. The van der Waals surface area contributed by atoms with Gasteiger partial charge < -0.3 is 10.0 Å². The summed E-state index contributed by atoms with van der Waals surface area (Å²) in [6.07, 6.45) is 4.35. The third-order valence-electron chi connectivity index (χ3n) is 6.52. The van der Waals surface area contributed by atoms with Gasteiger partial charge in [0.1, 0.15) is 18.3 Å². The van der Waals surface area contributed by atoms with Crippen molar-refractivity contribution < 1.29 is 10.0 Å². The summed E-state index contributed by atoms with van der Waals surface area (Å²) >= 11 is 0. The van der Waals surface area contributed by atoms with Crippen molar-refractivity contribution in [2.24, 2.45) is 4.99 Å². The Labute approximate surface area is 186 Å². The van der Waals surface area contributed by atoms with Gasteiger partial charge in [0.2, 0.25) is 0 Å². The van der Waals surface area contributed by atoms with E-state index in [1.807, 2.05) is 12.3 Å². The first-order valence-electron chi connectivity index (χ1n) is 11.5. The summed E-state index contributed by atoms with van der Waals surface area (Å²) in [6.45, 7) is 11.5. The van der Waals surface area contributed by atoms with Crippen LogP contribution < -0.4 is 4.90 Å². The summed E-state index contributed by atoms with van der Waals surface area (Å²) < 4.78 is 0. The first kappa shape index (κ1) is 21.6. The van der Waals surface area contributed by atoms with Crippen molar-refractivity contribution in [3.63, 3.8) is 0 Å². The van der Waals surface area contributed by atoms with Crippen LogP contribution >= 0.6 is 0 Å². The molecule has 1 heterocycles. The number of likely N-dealkylation sites (tertiary alicyclic amines) is 1. The zero-order valence-corrected chi connectivity index (χ0v) is 19.3. The lowest BCUT2D eigenvalue weighted by Gasteiger charge is -2.22. The fourth-order valence-corrected chi connectivity index (χ4v) is 4.80. The number of phenolic OH excluding ortho intramolecular Hbond substituents is 1. The minimum atomic E-state index is -0.0923. The number of nitrogens with one attached hydrogen (secondary N) is 1. The molecular formula is C28H35N2O+. The lowest BCUT2D eigenvalue weighted by atomic mass is 9.84. The number of rotatable bonds is 5. The molecule has 31 heavy (non-hydrogen) atoms. The van der Waals surface area contributed by atoms with Gasteiger partial charge in [-0.25, -0.2) is 0 Å². The third-order valence-corrected chi connectivity index (χ3v) is 6.52. The quantitative estimate of drug-likeness (QED) is 0.576. The maximum absolute atomic E-state index is 10.8. The largest absolute Gasteiger partial charge is 0.507 e. The minimum absolute atomic E-state index is 0.0923. The molecule has 3 nitrogen and oxygen atoms in total. The Morgan fingerprint density at radius 1 is 1.06 bits per heavy atom. The van der Waals surface area contributed by atoms with Crippen molar-refractivity contribution in [1.29, 1.82) is 0 Å². The summed E-state index contributed by atoms with van der Waals surface area (Å²) in [5, 5.41) is 13.4. The van der Waals surface area contributed by atoms with E-state index in [4.69, 9.17) is 4.99 Å². The number of benzene rings is 3. The molecule has 4 rings (SSSR count). The molecule has 0 saturated carbocycles. The van der Waals surface area contributed by atoms with Gasteiger partial charge in [-0.15, -0.1) is 0 Å². The predicted octanol–water partition coefficient (Wildman–Crippen LogP) is 4.82. The molecule has 1 aliphatic heterocycles. The van der Waals surface area contributed by atoms with E-state index in [-0.39, 0.29) is 5.41 Å². The topological polar surface area (TPSA) is 37.0 Å². The van der Waals surface area contributed by atoms with Gasteiger partial charge in [-0.05, 0) is 40.8 Å². The van der Waals surface area contributed by atoms with Crippen LogP contribution in [-0.4, -0.2) is 30.5 Å². The molecule has 1 saturated heterocycles. The van der Waals surface area contributed by atoms with Crippen molar-refractivity contribution in [2.75, 3.05) is 13.1 Å². The lowest BCUT2D eigenvalue weighted by Crippen LogP contribution is -3.12. The Hall–Kier alpha value is -2.65. The van der Waals surface area contributed by atoms with E-state index < -0.39 is 0 Å². The second-order valence-corrected chi connectivity index (χ2v) is 10.1. The molecular weight excluding hydrogens is 380 g/mol. The first-order chi connectivity index (χ1) is 14.8.